The lowest BCUT2D eigenvalue weighted by molar-refractivity contribution is -0.124. The van der Waals surface area contributed by atoms with E-state index in [1.165, 1.54) is 12.3 Å². The Morgan fingerprint density at radius 3 is 2.75 bits per heavy atom. The van der Waals surface area contributed by atoms with Gasteiger partial charge in [-0.05, 0) is 30.3 Å². The van der Waals surface area contributed by atoms with Crippen LogP contribution in [0.4, 0.5) is 0 Å². The van der Waals surface area contributed by atoms with Crippen molar-refractivity contribution in [2.24, 2.45) is 0 Å². The van der Waals surface area contributed by atoms with E-state index in [0.717, 1.165) is 11.0 Å². The second kappa shape index (κ2) is 7.32. The van der Waals surface area contributed by atoms with E-state index in [9.17, 15) is 9.59 Å². The number of benzene rings is 1. The fourth-order valence-corrected chi connectivity index (χ4v) is 2.13. The molecule has 6 nitrogen and oxygen atoms in total. The summed E-state index contributed by atoms with van der Waals surface area (Å²) < 4.78 is 10.7. The van der Waals surface area contributed by atoms with Crippen LogP contribution in [0.3, 0.4) is 0 Å². The van der Waals surface area contributed by atoms with Crippen molar-refractivity contribution >= 4 is 28.9 Å². The quantitative estimate of drug-likeness (QED) is 0.682. The van der Waals surface area contributed by atoms with Gasteiger partial charge in [0.25, 0.3) is 0 Å². The standard InChI is InChI=1S/C18H16N2O4/c21-17(20-12-18(22)19-11-15-5-3-9-23-15)8-7-14-10-13-4-1-2-6-16(13)24-14/h1-10H,11-12H2,(H,19,22)(H,20,21)/b8-7+. The Balaban J connectivity index is 1.45. The van der Waals surface area contributed by atoms with Crippen LogP contribution in [0.2, 0.25) is 0 Å². The normalized spacial score (nSPS) is 11.0. The Morgan fingerprint density at radius 1 is 1.08 bits per heavy atom. The van der Waals surface area contributed by atoms with Crippen molar-refractivity contribution in [3.05, 3.63) is 66.3 Å². The fourth-order valence-electron chi connectivity index (χ4n) is 2.13. The number of hydrogen-bond acceptors (Lipinski definition) is 4. The molecule has 0 aliphatic carbocycles. The molecule has 2 N–H and O–H groups in total. The monoisotopic (exact) mass is 324 g/mol. The second-order valence-electron chi connectivity index (χ2n) is 5.09. The highest BCUT2D eigenvalue weighted by Gasteiger charge is 2.05. The average molecular weight is 324 g/mol. The van der Waals surface area contributed by atoms with Gasteiger partial charge in [-0.25, -0.2) is 0 Å². The van der Waals surface area contributed by atoms with Crippen molar-refractivity contribution in [2.45, 2.75) is 6.54 Å². The van der Waals surface area contributed by atoms with Gasteiger partial charge in [0, 0.05) is 11.5 Å². The molecule has 0 radical (unpaired) electrons. The highest BCUT2D eigenvalue weighted by molar-refractivity contribution is 5.94. The largest absolute Gasteiger partial charge is 0.467 e. The first-order valence-corrected chi connectivity index (χ1v) is 7.44. The molecule has 2 amide bonds. The van der Waals surface area contributed by atoms with Crippen LogP contribution in [-0.2, 0) is 16.1 Å². The summed E-state index contributed by atoms with van der Waals surface area (Å²) in [7, 11) is 0. The van der Waals surface area contributed by atoms with E-state index in [1.807, 2.05) is 30.3 Å². The van der Waals surface area contributed by atoms with E-state index in [0.29, 0.717) is 11.5 Å². The molecule has 0 saturated carbocycles. The van der Waals surface area contributed by atoms with Gasteiger partial charge in [-0.1, -0.05) is 18.2 Å². The van der Waals surface area contributed by atoms with Gasteiger partial charge in [-0.15, -0.1) is 0 Å². The van der Waals surface area contributed by atoms with Crippen LogP contribution in [-0.4, -0.2) is 18.4 Å². The third-order valence-corrected chi connectivity index (χ3v) is 3.31. The number of nitrogens with one attached hydrogen (secondary N) is 2. The van der Waals surface area contributed by atoms with Crippen LogP contribution >= 0.6 is 0 Å². The first-order valence-electron chi connectivity index (χ1n) is 7.44. The molecule has 0 aliphatic heterocycles. The van der Waals surface area contributed by atoms with Crippen molar-refractivity contribution in [3.63, 3.8) is 0 Å². The van der Waals surface area contributed by atoms with E-state index in [-0.39, 0.29) is 24.9 Å². The van der Waals surface area contributed by atoms with E-state index in [1.54, 1.807) is 18.2 Å². The number of carbonyl (C=O) groups is 2. The van der Waals surface area contributed by atoms with Gasteiger partial charge in [-0.3, -0.25) is 9.59 Å². The lowest BCUT2D eigenvalue weighted by Gasteiger charge is -2.03. The van der Waals surface area contributed by atoms with Crippen LogP contribution < -0.4 is 10.6 Å². The van der Waals surface area contributed by atoms with Gasteiger partial charge in [0.2, 0.25) is 11.8 Å². The van der Waals surface area contributed by atoms with Crippen LogP contribution in [0.15, 0.2) is 63.6 Å². The van der Waals surface area contributed by atoms with Gasteiger partial charge in [0.15, 0.2) is 0 Å². The third-order valence-electron chi connectivity index (χ3n) is 3.31. The number of fused-ring (bicyclic) bond motifs is 1. The summed E-state index contributed by atoms with van der Waals surface area (Å²) in [5.41, 5.74) is 0.759. The van der Waals surface area contributed by atoms with Crippen LogP contribution in [0, 0.1) is 0 Å². The van der Waals surface area contributed by atoms with Crippen molar-refractivity contribution < 1.29 is 18.4 Å². The summed E-state index contributed by atoms with van der Waals surface area (Å²) >= 11 is 0. The Hall–Kier alpha value is -3.28. The molecule has 2 aromatic heterocycles. The molecular weight excluding hydrogens is 308 g/mol. The Morgan fingerprint density at radius 2 is 1.96 bits per heavy atom. The topological polar surface area (TPSA) is 84.5 Å². The predicted molar refractivity (Wildman–Crippen MR) is 88.8 cm³/mol. The maximum absolute atomic E-state index is 11.7. The smallest absolute Gasteiger partial charge is 0.244 e. The molecule has 122 valence electrons. The number of hydrogen-bond donors (Lipinski definition) is 2. The van der Waals surface area contributed by atoms with Crippen LogP contribution in [0.25, 0.3) is 17.0 Å². The number of furan rings is 2. The predicted octanol–water partition coefficient (Wildman–Crippen LogP) is 2.47. The van der Waals surface area contributed by atoms with Gasteiger partial charge >= 0.3 is 0 Å². The molecule has 0 bridgehead atoms. The molecule has 2 heterocycles. The first-order chi connectivity index (χ1) is 11.7. The molecule has 6 heteroatoms. The minimum absolute atomic E-state index is 0.107. The number of amides is 2. The van der Waals surface area contributed by atoms with Crippen molar-refractivity contribution in [1.29, 1.82) is 0 Å². The van der Waals surface area contributed by atoms with E-state index in [2.05, 4.69) is 10.6 Å². The van der Waals surface area contributed by atoms with Gasteiger partial charge in [0.05, 0.1) is 19.4 Å². The van der Waals surface area contributed by atoms with Crippen molar-refractivity contribution in [2.75, 3.05) is 6.54 Å². The zero-order valence-electron chi connectivity index (χ0n) is 12.8. The Bertz CT molecular complexity index is 829. The molecule has 0 saturated heterocycles. The summed E-state index contributed by atoms with van der Waals surface area (Å²) in [6.07, 6.45) is 4.43. The zero-order chi connectivity index (χ0) is 16.8. The lowest BCUT2D eigenvalue weighted by atomic mass is 10.2. The first kappa shape index (κ1) is 15.6. The molecule has 24 heavy (non-hydrogen) atoms. The van der Waals surface area contributed by atoms with E-state index in [4.69, 9.17) is 8.83 Å². The zero-order valence-corrected chi connectivity index (χ0v) is 12.8. The highest BCUT2D eigenvalue weighted by atomic mass is 16.3. The summed E-state index contributed by atoms with van der Waals surface area (Å²) in [5, 5.41) is 6.12. The molecular formula is C18H16N2O4. The summed E-state index contributed by atoms with van der Waals surface area (Å²) in [6, 6.07) is 12.9. The molecule has 0 atom stereocenters. The van der Waals surface area contributed by atoms with Crippen molar-refractivity contribution in [1.82, 2.24) is 10.6 Å². The highest BCUT2D eigenvalue weighted by Crippen LogP contribution is 2.19. The van der Waals surface area contributed by atoms with Gasteiger partial charge in [0.1, 0.15) is 17.1 Å². The van der Waals surface area contributed by atoms with E-state index < -0.39 is 0 Å². The minimum atomic E-state index is -0.372. The average Bonchev–Trinajstić information content (AvgIpc) is 3.25. The molecule has 3 rings (SSSR count). The van der Waals surface area contributed by atoms with E-state index >= 15 is 0 Å². The lowest BCUT2D eigenvalue weighted by Crippen LogP contribution is -2.35. The third kappa shape index (κ3) is 4.13. The number of para-hydroxylation sites is 1. The summed E-state index contributed by atoms with van der Waals surface area (Å²) in [6.45, 7) is 0.181. The second-order valence-corrected chi connectivity index (χ2v) is 5.09. The SMILES string of the molecule is O=C(/C=C/c1cc2ccccc2o1)NCC(=O)NCc1ccco1. The minimum Gasteiger partial charge on any atom is -0.467 e. The maximum Gasteiger partial charge on any atom is 0.244 e. The molecule has 0 aliphatic rings. The number of carbonyl (C=O) groups excluding carboxylic acids is 2. The summed E-state index contributed by atoms with van der Waals surface area (Å²) in [4.78, 5) is 23.4. The van der Waals surface area contributed by atoms with Gasteiger partial charge in [-0.2, -0.15) is 0 Å². The Labute approximate surface area is 138 Å². The molecule has 0 unspecified atom stereocenters. The fraction of sp³-hybridized carbons (Fsp3) is 0.111. The summed E-state index contributed by atoms with van der Waals surface area (Å²) in [5.74, 6) is 0.563. The maximum atomic E-state index is 11.7. The number of rotatable bonds is 6. The molecule has 3 aromatic rings. The van der Waals surface area contributed by atoms with Gasteiger partial charge < -0.3 is 19.5 Å². The van der Waals surface area contributed by atoms with Crippen molar-refractivity contribution in [3.8, 4) is 0 Å². The molecule has 0 spiro atoms. The molecule has 1 aromatic carbocycles. The van der Waals surface area contributed by atoms with Crippen LogP contribution in [0.1, 0.15) is 11.5 Å². The van der Waals surface area contributed by atoms with Crippen LogP contribution in [0.5, 0.6) is 0 Å². The molecule has 0 fully saturated rings. The Kier molecular flexibility index (Phi) is 4.76.